The largest absolute Gasteiger partial charge is 0.497 e. The minimum Gasteiger partial charge on any atom is -0.497 e. The van der Waals surface area contributed by atoms with Crippen LogP contribution in [0.4, 0.5) is 5.69 Å². The summed E-state index contributed by atoms with van der Waals surface area (Å²) in [5, 5.41) is 5.13. The van der Waals surface area contributed by atoms with Crippen molar-refractivity contribution in [3.8, 4) is 11.5 Å². The highest BCUT2D eigenvalue weighted by molar-refractivity contribution is 6.39. The van der Waals surface area contributed by atoms with Gasteiger partial charge in [0.05, 0.1) is 13.2 Å². The second kappa shape index (κ2) is 8.73. The molecule has 0 saturated carbocycles. The summed E-state index contributed by atoms with van der Waals surface area (Å²) in [5.74, 6) is -0.0267. The topological polar surface area (TPSA) is 76.7 Å². The van der Waals surface area contributed by atoms with Gasteiger partial charge in [-0.05, 0) is 55.8 Å². The van der Waals surface area contributed by atoms with E-state index in [1.165, 1.54) is 0 Å². The highest BCUT2D eigenvalue weighted by atomic mass is 16.5. The second-order valence-electron chi connectivity index (χ2n) is 5.68. The van der Waals surface area contributed by atoms with Crippen LogP contribution in [0.3, 0.4) is 0 Å². The van der Waals surface area contributed by atoms with Crippen molar-refractivity contribution in [1.29, 1.82) is 0 Å². The molecule has 0 aromatic heterocycles. The SMILES string of the molecule is COc1cccc(CNC(=O)C(=O)Nc2ccc(OC(C)C)cc2)c1. The van der Waals surface area contributed by atoms with Crippen LogP contribution in [0.5, 0.6) is 11.5 Å². The molecule has 2 amide bonds. The molecule has 0 heterocycles. The monoisotopic (exact) mass is 342 g/mol. The number of anilines is 1. The number of rotatable bonds is 6. The molecule has 0 aliphatic heterocycles. The first-order valence-corrected chi connectivity index (χ1v) is 7.96. The van der Waals surface area contributed by atoms with E-state index in [0.29, 0.717) is 17.2 Å². The van der Waals surface area contributed by atoms with Gasteiger partial charge in [0.2, 0.25) is 0 Å². The molecule has 0 atom stereocenters. The van der Waals surface area contributed by atoms with E-state index in [-0.39, 0.29) is 12.6 Å². The summed E-state index contributed by atoms with van der Waals surface area (Å²) < 4.78 is 10.6. The lowest BCUT2D eigenvalue weighted by atomic mass is 10.2. The van der Waals surface area contributed by atoms with Crippen LogP contribution in [0, 0.1) is 0 Å². The summed E-state index contributed by atoms with van der Waals surface area (Å²) in [7, 11) is 1.57. The van der Waals surface area contributed by atoms with Gasteiger partial charge in [-0.3, -0.25) is 9.59 Å². The van der Waals surface area contributed by atoms with Crippen LogP contribution in [0.25, 0.3) is 0 Å². The van der Waals surface area contributed by atoms with E-state index in [4.69, 9.17) is 9.47 Å². The Morgan fingerprint density at radius 2 is 1.72 bits per heavy atom. The van der Waals surface area contributed by atoms with Crippen LogP contribution in [-0.2, 0) is 16.1 Å². The molecule has 0 unspecified atom stereocenters. The first-order valence-electron chi connectivity index (χ1n) is 7.96. The molecule has 0 aliphatic carbocycles. The number of methoxy groups -OCH3 is 1. The summed E-state index contributed by atoms with van der Waals surface area (Å²) in [6.07, 6.45) is 0.0721. The first-order chi connectivity index (χ1) is 12.0. The molecular formula is C19H22N2O4. The Hall–Kier alpha value is -3.02. The Balaban J connectivity index is 1.86. The van der Waals surface area contributed by atoms with Crippen LogP contribution >= 0.6 is 0 Å². The maximum Gasteiger partial charge on any atom is 0.313 e. The lowest BCUT2D eigenvalue weighted by molar-refractivity contribution is -0.136. The molecule has 0 aliphatic rings. The fourth-order valence-corrected chi connectivity index (χ4v) is 2.12. The molecule has 2 N–H and O–H groups in total. The standard InChI is InChI=1S/C19H22N2O4/c1-13(2)25-16-9-7-15(8-10-16)21-19(23)18(22)20-12-14-5-4-6-17(11-14)24-3/h4-11,13H,12H2,1-3H3,(H,20,22)(H,21,23). The van der Waals surface area contributed by atoms with Crippen molar-refractivity contribution in [3.05, 3.63) is 54.1 Å². The summed E-state index contributed by atoms with van der Waals surface area (Å²) in [4.78, 5) is 23.8. The number of amides is 2. The van der Waals surface area contributed by atoms with Crippen molar-refractivity contribution < 1.29 is 19.1 Å². The Bertz CT molecular complexity index is 726. The number of carbonyl (C=O) groups is 2. The van der Waals surface area contributed by atoms with Crippen LogP contribution in [0.15, 0.2) is 48.5 Å². The highest BCUT2D eigenvalue weighted by Gasteiger charge is 2.13. The van der Waals surface area contributed by atoms with Crippen LogP contribution in [-0.4, -0.2) is 25.0 Å². The zero-order chi connectivity index (χ0) is 18.2. The fraction of sp³-hybridized carbons (Fsp3) is 0.263. The Kier molecular flexibility index (Phi) is 6.39. The van der Waals surface area contributed by atoms with Gasteiger partial charge in [-0.25, -0.2) is 0 Å². The number of ether oxygens (including phenoxy) is 2. The van der Waals surface area contributed by atoms with E-state index in [9.17, 15) is 9.59 Å². The number of benzene rings is 2. The van der Waals surface area contributed by atoms with Crippen molar-refractivity contribution in [3.63, 3.8) is 0 Å². The molecule has 132 valence electrons. The third-order valence-electron chi connectivity index (χ3n) is 3.28. The van der Waals surface area contributed by atoms with E-state index in [0.717, 1.165) is 5.56 Å². The maximum absolute atomic E-state index is 11.9. The average Bonchev–Trinajstić information content (AvgIpc) is 2.61. The fourth-order valence-electron chi connectivity index (χ4n) is 2.12. The van der Waals surface area contributed by atoms with Crippen LogP contribution in [0.2, 0.25) is 0 Å². The average molecular weight is 342 g/mol. The lowest BCUT2D eigenvalue weighted by Crippen LogP contribution is -2.34. The van der Waals surface area contributed by atoms with Gasteiger partial charge in [-0.15, -0.1) is 0 Å². The zero-order valence-corrected chi connectivity index (χ0v) is 14.5. The number of carbonyl (C=O) groups excluding carboxylic acids is 2. The van der Waals surface area contributed by atoms with E-state index in [1.807, 2.05) is 32.0 Å². The summed E-state index contributed by atoms with van der Waals surface area (Å²) in [6, 6.07) is 14.1. The molecule has 0 radical (unpaired) electrons. The molecule has 0 spiro atoms. The molecule has 0 bridgehead atoms. The smallest absolute Gasteiger partial charge is 0.313 e. The van der Waals surface area contributed by atoms with E-state index < -0.39 is 11.8 Å². The summed E-state index contributed by atoms with van der Waals surface area (Å²) in [5.41, 5.74) is 1.37. The predicted octanol–water partition coefficient (Wildman–Crippen LogP) is 2.74. The quantitative estimate of drug-likeness (QED) is 0.792. The molecule has 2 aromatic rings. The van der Waals surface area contributed by atoms with Crippen molar-refractivity contribution in [2.24, 2.45) is 0 Å². The normalized spacial score (nSPS) is 10.2. The van der Waals surface area contributed by atoms with Gasteiger partial charge in [0.25, 0.3) is 0 Å². The third-order valence-corrected chi connectivity index (χ3v) is 3.28. The van der Waals surface area contributed by atoms with Gasteiger partial charge in [0.1, 0.15) is 11.5 Å². The Labute approximate surface area is 147 Å². The molecule has 2 rings (SSSR count). The van der Waals surface area contributed by atoms with E-state index in [1.54, 1.807) is 37.4 Å². The predicted molar refractivity (Wildman–Crippen MR) is 95.7 cm³/mol. The molecule has 0 saturated heterocycles. The van der Waals surface area contributed by atoms with Gasteiger partial charge in [0, 0.05) is 12.2 Å². The maximum atomic E-state index is 11.9. The second-order valence-corrected chi connectivity index (χ2v) is 5.68. The number of hydrogen-bond donors (Lipinski definition) is 2. The zero-order valence-electron chi connectivity index (χ0n) is 14.5. The van der Waals surface area contributed by atoms with Crippen molar-refractivity contribution in [2.75, 3.05) is 12.4 Å². The first kappa shape index (κ1) is 18.3. The lowest BCUT2D eigenvalue weighted by Gasteiger charge is -2.11. The van der Waals surface area contributed by atoms with Crippen molar-refractivity contribution in [2.45, 2.75) is 26.5 Å². The minimum atomic E-state index is -0.722. The molecule has 25 heavy (non-hydrogen) atoms. The van der Waals surface area contributed by atoms with E-state index in [2.05, 4.69) is 10.6 Å². The van der Waals surface area contributed by atoms with Crippen molar-refractivity contribution in [1.82, 2.24) is 5.32 Å². The van der Waals surface area contributed by atoms with Gasteiger partial charge in [-0.1, -0.05) is 12.1 Å². The minimum absolute atomic E-state index is 0.0721. The molecular weight excluding hydrogens is 320 g/mol. The number of nitrogens with one attached hydrogen (secondary N) is 2. The van der Waals surface area contributed by atoms with E-state index >= 15 is 0 Å². The van der Waals surface area contributed by atoms with Crippen LogP contribution in [0.1, 0.15) is 19.4 Å². The molecule has 6 nitrogen and oxygen atoms in total. The summed E-state index contributed by atoms with van der Waals surface area (Å²) in [6.45, 7) is 4.11. The molecule has 0 fully saturated rings. The third kappa shape index (κ3) is 5.84. The molecule has 6 heteroatoms. The van der Waals surface area contributed by atoms with Gasteiger partial charge < -0.3 is 20.1 Å². The van der Waals surface area contributed by atoms with Gasteiger partial charge in [0.15, 0.2) is 0 Å². The van der Waals surface area contributed by atoms with Gasteiger partial charge >= 0.3 is 11.8 Å². The van der Waals surface area contributed by atoms with Crippen molar-refractivity contribution >= 4 is 17.5 Å². The van der Waals surface area contributed by atoms with Gasteiger partial charge in [-0.2, -0.15) is 0 Å². The van der Waals surface area contributed by atoms with Crippen LogP contribution < -0.4 is 20.1 Å². The number of hydrogen-bond acceptors (Lipinski definition) is 4. The Morgan fingerprint density at radius 1 is 1.00 bits per heavy atom. The highest BCUT2D eigenvalue weighted by Crippen LogP contribution is 2.17. The summed E-state index contributed by atoms with van der Waals surface area (Å²) >= 11 is 0. The molecule has 2 aromatic carbocycles. The Morgan fingerprint density at radius 3 is 2.36 bits per heavy atom.